The highest BCUT2D eigenvalue weighted by Crippen LogP contribution is 2.30. The molecule has 0 bridgehead atoms. The summed E-state index contributed by atoms with van der Waals surface area (Å²) in [5.41, 5.74) is 3.00. The molecule has 6 nitrogen and oxygen atoms in total. The normalized spacial score (nSPS) is 14.2. The van der Waals surface area contributed by atoms with Gasteiger partial charge in [-0.25, -0.2) is 8.42 Å². The minimum atomic E-state index is -3.70. The summed E-state index contributed by atoms with van der Waals surface area (Å²) in [5.74, 6) is 0.704. The van der Waals surface area contributed by atoms with Crippen LogP contribution in [-0.4, -0.2) is 28.5 Å². The molecule has 0 fully saturated rings. The van der Waals surface area contributed by atoms with Gasteiger partial charge < -0.3 is 9.64 Å². The third-order valence-electron chi connectivity index (χ3n) is 4.35. The van der Waals surface area contributed by atoms with Crippen molar-refractivity contribution < 1.29 is 17.9 Å². The van der Waals surface area contributed by atoms with Crippen LogP contribution in [0.3, 0.4) is 0 Å². The van der Waals surface area contributed by atoms with Gasteiger partial charge in [-0.05, 0) is 60.9 Å². The van der Waals surface area contributed by atoms with Crippen LogP contribution in [-0.2, 0) is 21.2 Å². The summed E-state index contributed by atoms with van der Waals surface area (Å²) < 4.78 is 33.0. The van der Waals surface area contributed by atoms with Crippen molar-refractivity contribution in [3.05, 3.63) is 47.5 Å². The van der Waals surface area contributed by atoms with Crippen LogP contribution in [0.2, 0.25) is 0 Å². The van der Waals surface area contributed by atoms with Gasteiger partial charge in [-0.15, -0.1) is 0 Å². The maximum absolute atomic E-state index is 12.6. The van der Waals surface area contributed by atoms with Crippen molar-refractivity contribution in [2.24, 2.45) is 0 Å². The highest BCUT2D eigenvalue weighted by Gasteiger charge is 2.22. The molecule has 1 N–H and O–H groups in total. The summed E-state index contributed by atoms with van der Waals surface area (Å²) in [4.78, 5) is 13.5. The average Bonchev–Trinajstić information content (AvgIpc) is 2.58. The van der Waals surface area contributed by atoms with E-state index in [9.17, 15) is 13.2 Å². The molecule has 0 saturated heterocycles. The molecule has 1 heterocycles. The van der Waals surface area contributed by atoms with E-state index in [-0.39, 0.29) is 10.8 Å². The molecule has 1 aliphatic heterocycles. The molecule has 0 spiro atoms. The molecule has 2 aromatic rings. The fourth-order valence-electron chi connectivity index (χ4n) is 2.95. The van der Waals surface area contributed by atoms with Crippen molar-refractivity contribution in [2.45, 2.75) is 24.7 Å². The van der Waals surface area contributed by atoms with Crippen LogP contribution < -0.4 is 14.4 Å². The van der Waals surface area contributed by atoms with Crippen LogP contribution in [0.4, 0.5) is 11.4 Å². The Hall–Kier alpha value is -2.54. The third-order valence-corrected chi connectivity index (χ3v) is 5.73. The summed E-state index contributed by atoms with van der Waals surface area (Å²) in [6, 6.07) is 9.94. The number of ether oxygens (including phenoxy) is 1. The Labute approximate surface area is 147 Å². The first-order valence-electron chi connectivity index (χ1n) is 7.89. The van der Waals surface area contributed by atoms with Crippen LogP contribution in [0.1, 0.15) is 17.5 Å². The van der Waals surface area contributed by atoms with Gasteiger partial charge in [0, 0.05) is 24.8 Å². The molecule has 0 radical (unpaired) electrons. The molecule has 132 valence electrons. The van der Waals surface area contributed by atoms with Crippen molar-refractivity contribution in [3.63, 3.8) is 0 Å². The number of carbonyl (C=O) groups is 1. The lowest BCUT2D eigenvalue weighted by Gasteiger charge is -2.26. The van der Waals surface area contributed by atoms with E-state index >= 15 is 0 Å². The van der Waals surface area contributed by atoms with E-state index in [1.165, 1.54) is 6.07 Å². The number of carbonyl (C=O) groups excluding carboxylic acids is 1. The number of nitrogens with zero attached hydrogens (tertiary/aromatic N) is 1. The number of sulfonamides is 1. The first-order valence-corrected chi connectivity index (χ1v) is 9.37. The summed E-state index contributed by atoms with van der Waals surface area (Å²) in [5, 5.41) is 0. The first-order chi connectivity index (χ1) is 11.8. The Morgan fingerprint density at radius 3 is 2.56 bits per heavy atom. The van der Waals surface area contributed by atoms with Gasteiger partial charge in [0.2, 0.25) is 5.91 Å². The van der Waals surface area contributed by atoms with Crippen LogP contribution >= 0.6 is 0 Å². The number of hydrogen-bond acceptors (Lipinski definition) is 4. The number of methoxy groups -OCH3 is 1. The van der Waals surface area contributed by atoms with Crippen LogP contribution in [0, 0.1) is 6.92 Å². The fourth-order valence-corrected chi connectivity index (χ4v) is 4.09. The number of aryl methyl sites for hydroxylation is 2. The predicted molar refractivity (Wildman–Crippen MR) is 96.7 cm³/mol. The lowest BCUT2D eigenvalue weighted by atomic mass is 10.0. The number of benzene rings is 2. The highest BCUT2D eigenvalue weighted by atomic mass is 32.2. The Morgan fingerprint density at radius 2 is 1.88 bits per heavy atom. The topological polar surface area (TPSA) is 75.7 Å². The summed E-state index contributed by atoms with van der Waals surface area (Å²) >= 11 is 0. The van der Waals surface area contributed by atoms with Crippen molar-refractivity contribution in [1.29, 1.82) is 0 Å². The number of nitrogens with one attached hydrogen (secondary N) is 1. The maximum atomic E-state index is 12.6. The van der Waals surface area contributed by atoms with Gasteiger partial charge in [-0.3, -0.25) is 9.52 Å². The standard InChI is InChI=1S/C18H20N2O4S/c1-12-10-15(6-8-17(12)24-3)25(22,23)19-14-5-7-16-13(11-14)4-9-18(21)20(16)2/h5-8,10-11,19H,4,9H2,1-3H3. The molecule has 0 aromatic heterocycles. The second-order valence-electron chi connectivity index (χ2n) is 6.03. The molecule has 0 saturated carbocycles. The molecule has 3 rings (SSSR count). The predicted octanol–water partition coefficient (Wildman–Crippen LogP) is 2.71. The average molecular weight is 360 g/mol. The Bertz CT molecular complexity index is 938. The van der Waals surface area contributed by atoms with E-state index in [0.29, 0.717) is 24.3 Å². The second kappa shape index (κ2) is 6.40. The van der Waals surface area contributed by atoms with E-state index in [1.54, 1.807) is 56.3 Å². The van der Waals surface area contributed by atoms with Crippen molar-refractivity contribution >= 4 is 27.3 Å². The van der Waals surface area contributed by atoms with E-state index < -0.39 is 10.0 Å². The molecule has 0 unspecified atom stereocenters. The molecular formula is C18H20N2O4S. The molecule has 1 aliphatic rings. The number of rotatable bonds is 4. The van der Waals surface area contributed by atoms with Crippen LogP contribution in [0.25, 0.3) is 0 Å². The van der Waals surface area contributed by atoms with Crippen molar-refractivity contribution in [3.8, 4) is 5.75 Å². The quantitative estimate of drug-likeness (QED) is 0.910. The molecule has 7 heteroatoms. The second-order valence-corrected chi connectivity index (χ2v) is 7.72. The Kier molecular flexibility index (Phi) is 4.43. The third kappa shape index (κ3) is 3.32. The number of anilines is 2. The van der Waals surface area contributed by atoms with Crippen molar-refractivity contribution in [2.75, 3.05) is 23.8 Å². The minimum absolute atomic E-state index is 0.0644. The van der Waals surface area contributed by atoms with E-state index in [4.69, 9.17) is 4.74 Å². The first kappa shape index (κ1) is 17.3. The maximum Gasteiger partial charge on any atom is 0.261 e. The van der Waals surface area contributed by atoms with Crippen LogP contribution in [0.5, 0.6) is 5.75 Å². The highest BCUT2D eigenvalue weighted by molar-refractivity contribution is 7.92. The van der Waals surface area contributed by atoms with Gasteiger partial charge >= 0.3 is 0 Å². The summed E-state index contributed by atoms with van der Waals surface area (Å²) in [6.07, 6.45) is 1.03. The summed E-state index contributed by atoms with van der Waals surface area (Å²) in [7, 11) is -0.426. The van der Waals surface area contributed by atoms with Crippen molar-refractivity contribution in [1.82, 2.24) is 0 Å². The van der Waals surface area contributed by atoms with E-state index in [0.717, 1.165) is 16.8 Å². The van der Waals surface area contributed by atoms with Crippen LogP contribution in [0.15, 0.2) is 41.3 Å². The Balaban J connectivity index is 1.89. The van der Waals surface area contributed by atoms with E-state index in [2.05, 4.69) is 4.72 Å². The van der Waals surface area contributed by atoms with Gasteiger partial charge in [0.05, 0.1) is 12.0 Å². The molecule has 0 aliphatic carbocycles. The smallest absolute Gasteiger partial charge is 0.261 e. The Morgan fingerprint density at radius 1 is 1.12 bits per heavy atom. The number of hydrogen-bond donors (Lipinski definition) is 1. The fraction of sp³-hybridized carbons (Fsp3) is 0.278. The zero-order valence-electron chi connectivity index (χ0n) is 14.4. The van der Waals surface area contributed by atoms with Gasteiger partial charge in [0.15, 0.2) is 0 Å². The molecular weight excluding hydrogens is 340 g/mol. The van der Waals surface area contributed by atoms with Gasteiger partial charge in [0.25, 0.3) is 10.0 Å². The number of amides is 1. The minimum Gasteiger partial charge on any atom is -0.496 e. The van der Waals surface area contributed by atoms with E-state index in [1.807, 2.05) is 0 Å². The molecule has 25 heavy (non-hydrogen) atoms. The molecule has 0 atom stereocenters. The van der Waals surface area contributed by atoms with Gasteiger partial charge in [0.1, 0.15) is 5.75 Å². The molecule has 1 amide bonds. The summed E-state index contributed by atoms with van der Waals surface area (Å²) in [6.45, 7) is 1.80. The van der Waals surface area contributed by atoms with Gasteiger partial charge in [-0.2, -0.15) is 0 Å². The zero-order chi connectivity index (χ0) is 18.2. The van der Waals surface area contributed by atoms with Gasteiger partial charge in [-0.1, -0.05) is 0 Å². The largest absolute Gasteiger partial charge is 0.496 e. The monoisotopic (exact) mass is 360 g/mol. The lowest BCUT2D eigenvalue weighted by Crippen LogP contribution is -2.31. The lowest BCUT2D eigenvalue weighted by molar-refractivity contribution is -0.118. The zero-order valence-corrected chi connectivity index (χ0v) is 15.2. The molecule has 2 aromatic carbocycles. The number of fused-ring (bicyclic) bond motifs is 1. The SMILES string of the molecule is COc1ccc(S(=O)(=O)Nc2ccc3c(c2)CCC(=O)N3C)cc1C.